The van der Waals surface area contributed by atoms with Gasteiger partial charge in [-0.2, -0.15) is 4.98 Å². The van der Waals surface area contributed by atoms with Gasteiger partial charge in [0.15, 0.2) is 0 Å². The normalized spacial score (nSPS) is 9.84. The first-order valence-electron chi connectivity index (χ1n) is 5.71. The monoisotopic (exact) mass is 268 g/mol. The first-order valence-corrected chi connectivity index (χ1v) is 5.71. The number of anilines is 2. The summed E-state index contributed by atoms with van der Waals surface area (Å²) in [5.41, 5.74) is 0.000845. The number of hydrogen-bond donors (Lipinski definition) is 3. The van der Waals surface area contributed by atoms with Crippen molar-refractivity contribution in [1.82, 2.24) is 15.3 Å². The van der Waals surface area contributed by atoms with Gasteiger partial charge in [0, 0.05) is 13.6 Å². The lowest BCUT2D eigenvalue weighted by Gasteiger charge is -2.09. The fraction of sp³-hybridized carbons (Fsp3) is 0.500. The van der Waals surface area contributed by atoms with Gasteiger partial charge >= 0.3 is 5.69 Å². The number of nitro groups is 1. The van der Waals surface area contributed by atoms with Crippen LogP contribution in [0.5, 0.6) is 0 Å². The van der Waals surface area contributed by atoms with Crippen LogP contribution in [0.1, 0.15) is 12.6 Å². The molecule has 0 radical (unpaired) electrons. The average molecular weight is 268 g/mol. The molecule has 0 aliphatic rings. The summed E-state index contributed by atoms with van der Waals surface area (Å²) in [5, 5.41) is 18.9. The number of hydrogen-bond acceptors (Lipinski definition) is 7. The second-order valence-corrected chi connectivity index (χ2v) is 3.64. The summed E-state index contributed by atoms with van der Waals surface area (Å²) in [5.74, 6) is 0.0117. The number of carbonyl (C=O) groups excluding carboxylic acids is 1. The van der Waals surface area contributed by atoms with Crippen molar-refractivity contribution in [3.05, 3.63) is 15.8 Å². The molecule has 1 aromatic rings. The second kappa shape index (κ2) is 6.47. The van der Waals surface area contributed by atoms with Gasteiger partial charge in [-0.25, -0.2) is 4.98 Å². The highest BCUT2D eigenvalue weighted by Crippen LogP contribution is 2.26. The summed E-state index contributed by atoms with van der Waals surface area (Å²) in [6.45, 7) is 3.87. The van der Waals surface area contributed by atoms with Crippen LogP contribution in [0.2, 0.25) is 0 Å². The minimum Gasteiger partial charge on any atom is -0.358 e. The lowest BCUT2D eigenvalue weighted by atomic mass is 10.3. The molecule has 0 aliphatic carbocycles. The molecular formula is C10H16N6O3. The summed E-state index contributed by atoms with van der Waals surface area (Å²) < 4.78 is 0. The van der Waals surface area contributed by atoms with Gasteiger partial charge in [0.1, 0.15) is 5.69 Å². The molecule has 1 aromatic heterocycles. The van der Waals surface area contributed by atoms with Crippen molar-refractivity contribution in [2.24, 2.45) is 0 Å². The zero-order valence-electron chi connectivity index (χ0n) is 11.0. The Morgan fingerprint density at radius 2 is 2.05 bits per heavy atom. The smallest absolute Gasteiger partial charge is 0.332 e. The molecule has 0 saturated carbocycles. The lowest BCUT2D eigenvalue weighted by Crippen LogP contribution is -2.27. The van der Waals surface area contributed by atoms with Crippen LogP contribution >= 0.6 is 0 Å². The molecule has 1 amide bonds. The van der Waals surface area contributed by atoms with Crippen LogP contribution in [0.25, 0.3) is 0 Å². The molecule has 0 atom stereocenters. The first-order chi connectivity index (χ1) is 8.99. The molecule has 0 aromatic carbocycles. The molecule has 9 nitrogen and oxygen atoms in total. The second-order valence-electron chi connectivity index (χ2n) is 3.64. The van der Waals surface area contributed by atoms with Crippen LogP contribution < -0.4 is 16.0 Å². The molecule has 1 heterocycles. The van der Waals surface area contributed by atoms with Gasteiger partial charge < -0.3 is 16.0 Å². The predicted octanol–water partition coefficient (Wildman–Crippen LogP) is 0.283. The molecule has 104 valence electrons. The Kier molecular flexibility index (Phi) is 4.98. The van der Waals surface area contributed by atoms with Crippen molar-refractivity contribution in [3.8, 4) is 0 Å². The predicted molar refractivity (Wildman–Crippen MR) is 70.1 cm³/mol. The highest BCUT2D eigenvalue weighted by Gasteiger charge is 2.22. The molecule has 3 N–H and O–H groups in total. The number of aryl methyl sites for hydroxylation is 1. The Balaban J connectivity index is 3.09. The van der Waals surface area contributed by atoms with E-state index >= 15 is 0 Å². The third kappa shape index (κ3) is 3.76. The standard InChI is InChI=1S/C10H16N6O3/c1-4-12-10-14-6(2)8(16(18)19)9(15-10)13-5-7(17)11-3/h4-5H2,1-3H3,(H,11,17)(H2,12,13,14,15). The Morgan fingerprint density at radius 3 is 2.58 bits per heavy atom. The van der Waals surface area contributed by atoms with Crippen LogP contribution in [0.4, 0.5) is 17.5 Å². The lowest BCUT2D eigenvalue weighted by molar-refractivity contribution is -0.385. The third-order valence-corrected chi connectivity index (χ3v) is 2.27. The maximum atomic E-state index is 11.2. The van der Waals surface area contributed by atoms with Crippen molar-refractivity contribution in [2.75, 3.05) is 30.8 Å². The highest BCUT2D eigenvalue weighted by atomic mass is 16.6. The van der Waals surface area contributed by atoms with E-state index in [0.29, 0.717) is 6.54 Å². The van der Waals surface area contributed by atoms with Crippen LogP contribution in [0, 0.1) is 17.0 Å². The molecule has 0 spiro atoms. The topological polar surface area (TPSA) is 122 Å². The molecule has 19 heavy (non-hydrogen) atoms. The van der Waals surface area contributed by atoms with E-state index in [1.165, 1.54) is 14.0 Å². The minimum atomic E-state index is -0.572. The maximum Gasteiger partial charge on any atom is 0.332 e. The van der Waals surface area contributed by atoms with E-state index in [9.17, 15) is 14.9 Å². The van der Waals surface area contributed by atoms with Gasteiger partial charge in [-0.1, -0.05) is 0 Å². The van der Waals surface area contributed by atoms with Crippen molar-refractivity contribution in [1.29, 1.82) is 0 Å². The largest absolute Gasteiger partial charge is 0.358 e. The van der Waals surface area contributed by atoms with Gasteiger partial charge in [-0.3, -0.25) is 14.9 Å². The van der Waals surface area contributed by atoms with E-state index in [4.69, 9.17) is 0 Å². The maximum absolute atomic E-state index is 11.2. The Bertz CT molecular complexity index is 490. The molecule has 0 bridgehead atoms. The Hall–Kier alpha value is -2.45. The fourth-order valence-corrected chi connectivity index (χ4v) is 1.40. The molecule has 9 heteroatoms. The van der Waals surface area contributed by atoms with Gasteiger partial charge in [0.05, 0.1) is 11.5 Å². The van der Waals surface area contributed by atoms with Gasteiger partial charge in [-0.15, -0.1) is 0 Å². The molecule has 0 unspecified atom stereocenters. The van der Waals surface area contributed by atoms with E-state index in [2.05, 4.69) is 25.9 Å². The fourth-order valence-electron chi connectivity index (χ4n) is 1.40. The Morgan fingerprint density at radius 1 is 1.37 bits per heavy atom. The molecule has 1 rings (SSSR count). The summed E-state index contributed by atoms with van der Waals surface area (Å²) in [6.07, 6.45) is 0. The van der Waals surface area contributed by atoms with Gasteiger partial charge in [-0.05, 0) is 13.8 Å². The molecule has 0 aliphatic heterocycles. The van der Waals surface area contributed by atoms with Crippen molar-refractivity contribution in [3.63, 3.8) is 0 Å². The third-order valence-electron chi connectivity index (χ3n) is 2.27. The van der Waals surface area contributed by atoms with E-state index in [1.807, 2.05) is 6.92 Å². The number of aromatic nitrogens is 2. The van der Waals surface area contributed by atoms with Crippen LogP contribution in [-0.4, -0.2) is 40.9 Å². The number of nitrogens with zero attached hydrogens (tertiary/aromatic N) is 3. The van der Waals surface area contributed by atoms with Crippen LogP contribution in [0.15, 0.2) is 0 Å². The quantitative estimate of drug-likeness (QED) is 0.500. The molecule has 0 saturated heterocycles. The van der Waals surface area contributed by atoms with Gasteiger partial charge in [0.25, 0.3) is 0 Å². The van der Waals surface area contributed by atoms with E-state index in [1.54, 1.807) is 0 Å². The summed E-state index contributed by atoms with van der Waals surface area (Å²) in [7, 11) is 1.48. The molecule has 0 fully saturated rings. The van der Waals surface area contributed by atoms with Crippen molar-refractivity contribution in [2.45, 2.75) is 13.8 Å². The number of rotatable bonds is 6. The highest BCUT2D eigenvalue weighted by molar-refractivity contribution is 5.81. The van der Waals surface area contributed by atoms with Crippen LogP contribution in [0.3, 0.4) is 0 Å². The van der Waals surface area contributed by atoms with E-state index in [0.717, 1.165) is 0 Å². The number of amides is 1. The average Bonchev–Trinajstić information content (AvgIpc) is 2.35. The zero-order valence-corrected chi connectivity index (χ0v) is 11.0. The molecular weight excluding hydrogens is 252 g/mol. The Labute approximate surface area is 110 Å². The van der Waals surface area contributed by atoms with Crippen molar-refractivity contribution >= 4 is 23.4 Å². The van der Waals surface area contributed by atoms with Crippen molar-refractivity contribution < 1.29 is 9.72 Å². The van der Waals surface area contributed by atoms with Gasteiger partial charge in [0.2, 0.25) is 17.7 Å². The summed E-state index contributed by atoms with van der Waals surface area (Å²) in [6, 6.07) is 0. The first kappa shape index (κ1) is 14.6. The number of likely N-dealkylation sites (N-methyl/N-ethyl adjacent to an activating group) is 1. The van der Waals surface area contributed by atoms with E-state index in [-0.39, 0.29) is 35.6 Å². The number of nitrogens with one attached hydrogen (secondary N) is 3. The SMILES string of the molecule is CCNc1nc(C)c([N+](=O)[O-])c(NCC(=O)NC)n1. The van der Waals surface area contributed by atoms with Crippen LogP contribution in [-0.2, 0) is 4.79 Å². The summed E-state index contributed by atoms with van der Waals surface area (Å²) in [4.78, 5) is 29.6. The number of carbonyl (C=O) groups is 1. The minimum absolute atomic E-state index is 0.0250. The van der Waals surface area contributed by atoms with E-state index < -0.39 is 4.92 Å². The summed E-state index contributed by atoms with van der Waals surface area (Å²) >= 11 is 0. The zero-order chi connectivity index (χ0) is 14.4.